The second-order valence-corrected chi connectivity index (χ2v) is 6.74. The zero-order valence-electron chi connectivity index (χ0n) is 14.1. The lowest BCUT2D eigenvalue weighted by molar-refractivity contribution is 0.291. The lowest BCUT2D eigenvalue weighted by Gasteiger charge is -2.34. The third-order valence-electron chi connectivity index (χ3n) is 4.50. The molecule has 23 heavy (non-hydrogen) atoms. The van der Waals surface area contributed by atoms with Gasteiger partial charge >= 0.3 is 0 Å². The normalized spacial score (nSPS) is 17.7. The highest BCUT2D eigenvalue weighted by atomic mass is 32.2. The highest BCUT2D eigenvalue weighted by Gasteiger charge is 2.27. The van der Waals surface area contributed by atoms with Crippen LogP contribution in [0.25, 0.3) is 0 Å². The van der Waals surface area contributed by atoms with E-state index in [0.717, 1.165) is 24.6 Å². The molecule has 0 N–H and O–H groups in total. The molecule has 3 nitrogen and oxygen atoms in total. The molecule has 1 aliphatic rings. The Bertz CT molecular complexity index is 702. The third kappa shape index (κ3) is 3.06. The van der Waals surface area contributed by atoms with Crippen molar-refractivity contribution in [3.05, 3.63) is 53.1 Å². The summed E-state index contributed by atoms with van der Waals surface area (Å²) in [5, 5.41) is 0. The van der Waals surface area contributed by atoms with Crippen LogP contribution in [0.4, 0.5) is 0 Å². The molecule has 1 atom stereocenters. The van der Waals surface area contributed by atoms with Gasteiger partial charge in [0.1, 0.15) is 0 Å². The predicted molar refractivity (Wildman–Crippen MR) is 95.9 cm³/mol. The Morgan fingerprint density at radius 1 is 1.09 bits per heavy atom. The minimum Gasteiger partial charge on any atom is -0.493 e. The van der Waals surface area contributed by atoms with E-state index < -0.39 is 0 Å². The Morgan fingerprint density at radius 3 is 2.57 bits per heavy atom. The standard InChI is InChI=1S/C19H23NO2S/c1-20-11-15(13-8-9-17(21-2)18(10-13)22-3)14-6-5-7-19(23-4)16(14)12-20/h5-10,15H,11-12H2,1-4H3. The van der Waals surface area contributed by atoms with Crippen molar-refractivity contribution in [2.75, 3.05) is 34.1 Å². The quantitative estimate of drug-likeness (QED) is 0.790. The zero-order chi connectivity index (χ0) is 16.4. The molecule has 0 radical (unpaired) electrons. The van der Waals surface area contributed by atoms with Crippen LogP contribution in [0.2, 0.25) is 0 Å². The largest absolute Gasteiger partial charge is 0.493 e. The van der Waals surface area contributed by atoms with Gasteiger partial charge in [-0.3, -0.25) is 0 Å². The van der Waals surface area contributed by atoms with Crippen molar-refractivity contribution >= 4 is 11.8 Å². The van der Waals surface area contributed by atoms with Crippen LogP contribution in [0.5, 0.6) is 11.5 Å². The first-order valence-electron chi connectivity index (χ1n) is 7.74. The molecule has 0 amide bonds. The van der Waals surface area contributed by atoms with E-state index in [-0.39, 0.29) is 0 Å². The number of hydrogen-bond donors (Lipinski definition) is 0. The van der Waals surface area contributed by atoms with Crippen LogP contribution < -0.4 is 9.47 Å². The number of fused-ring (bicyclic) bond motifs is 1. The van der Waals surface area contributed by atoms with Gasteiger partial charge in [-0.05, 0) is 48.2 Å². The Hall–Kier alpha value is -1.65. The van der Waals surface area contributed by atoms with E-state index in [1.807, 2.05) is 17.8 Å². The van der Waals surface area contributed by atoms with Crippen molar-refractivity contribution < 1.29 is 9.47 Å². The minimum atomic E-state index is 0.357. The van der Waals surface area contributed by atoms with Crippen molar-refractivity contribution in [1.29, 1.82) is 0 Å². The molecular formula is C19H23NO2S. The zero-order valence-corrected chi connectivity index (χ0v) is 14.9. The summed E-state index contributed by atoms with van der Waals surface area (Å²) >= 11 is 1.83. The molecule has 0 bridgehead atoms. The van der Waals surface area contributed by atoms with E-state index in [1.165, 1.54) is 21.6 Å². The van der Waals surface area contributed by atoms with Crippen molar-refractivity contribution in [2.45, 2.75) is 17.4 Å². The second-order valence-electron chi connectivity index (χ2n) is 5.89. The molecule has 0 saturated heterocycles. The molecule has 0 fully saturated rings. The van der Waals surface area contributed by atoms with E-state index in [1.54, 1.807) is 14.2 Å². The van der Waals surface area contributed by atoms with Crippen LogP contribution in [0.3, 0.4) is 0 Å². The van der Waals surface area contributed by atoms with Crippen LogP contribution in [0.1, 0.15) is 22.6 Å². The van der Waals surface area contributed by atoms with E-state index in [0.29, 0.717) is 5.92 Å². The summed E-state index contributed by atoms with van der Waals surface area (Å²) in [5.41, 5.74) is 4.16. The van der Waals surface area contributed by atoms with Crippen molar-refractivity contribution in [1.82, 2.24) is 4.90 Å². The van der Waals surface area contributed by atoms with E-state index in [4.69, 9.17) is 9.47 Å². The molecule has 3 rings (SSSR count). The van der Waals surface area contributed by atoms with Crippen LogP contribution in [0, 0.1) is 0 Å². The number of rotatable bonds is 4. The molecule has 2 aromatic rings. The third-order valence-corrected chi connectivity index (χ3v) is 5.32. The maximum absolute atomic E-state index is 5.48. The van der Waals surface area contributed by atoms with Gasteiger partial charge in [0.05, 0.1) is 14.2 Å². The highest BCUT2D eigenvalue weighted by molar-refractivity contribution is 7.98. The lowest BCUT2D eigenvalue weighted by atomic mass is 9.84. The topological polar surface area (TPSA) is 21.7 Å². The van der Waals surface area contributed by atoms with Crippen LogP contribution in [0.15, 0.2) is 41.3 Å². The lowest BCUT2D eigenvalue weighted by Crippen LogP contribution is -2.31. The minimum absolute atomic E-state index is 0.357. The number of hydrogen-bond acceptors (Lipinski definition) is 4. The van der Waals surface area contributed by atoms with Crippen molar-refractivity contribution in [2.24, 2.45) is 0 Å². The monoisotopic (exact) mass is 329 g/mol. The smallest absolute Gasteiger partial charge is 0.161 e. The summed E-state index contributed by atoms with van der Waals surface area (Å²) in [5.74, 6) is 1.93. The first kappa shape index (κ1) is 16.2. The summed E-state index contributed by atoms with van der Waals surface area (Å²) < 4.78 is 10.9. The first-order valence-corrected chi connectivity index (χ1v) is 8.96. The van der Waals surface area contributed by atoms with Crippen LogP contribution in [-0.2, 0) is 6.54 Å². The maximum Gasteiger partial charge on any atom is 0.161 e. The number of ether oxygens (including phenoxy) is 2. The Kier molecular flexibility index (Phi) is 4.83. The Morgan fingerprint density at radius 2 is 1.87 bits per heavy atom. The molecule has 1 heterocycles. The molecule has 0 aliphatic carbocycles. The number of benzene rings is 2. The van der Waals surface area contributed by atoms with Gasteiger partial charge < -0.3 is 14.4 Å². The Labute approximate surface area is 142 Å². The molecule has 122 valence electrons. The fraction of sp³-hybridized carbons (Fsp3) is 0.368. The van der Waals surface area contributed by atoms with Gasteiger partial charge in [0.25, 0.3) is 0 Å². The van der Waals surface area contributed by atoms with Crippen molar-refractivity contribution in [3.63, 3.8) is 0 Å². The van der Waals surface area contributed by atoms with Gasteiger partial charge in [0, 0.05) is 23.9 Å². The van der Waals surface area contributed by atoms with Crippen LogP contribution in [-0.4, -0.2) is 39.0 Å². The van der Waals surface area contributed by atoms with Crippen molar-refractivity contribution in [3.8, 4) is 11.5 Å². The van der Waals surface area contributed by atoms with Gasteiger partial charge in [0.15, 0.2) is 11.5 Å². The SMILES string of the molecule is COc1ccc(C2CN(C)Cc3c(SC)cccc32)cc1OC. The molecular weight excluding hydrogens is 306 g/mol. The van der Waals surface area contributed by atoms with Gasteiger partial charge in [0.2, 0.25) is 0 Å². The van der Waals surface area contributed by atoms with Gasteiger partial charge in [-0.1, -0.05) is 18.2 Å². The first-order chi connectivity index (χ1) is 11.2. The van der Waals surface area contributed by atoms with Crippen LogP contribution >= 0.6 is 11.8 Å². The summed E-state index contributed by atoms with van der Waals surface area (Å²) in [6.45, 7) is 2.02. The molecule has 0 aromatic heterocycles. The molecule has 0 spiro atoms. The molecule has 0 saturated carbocycles. The fourth-order valence-corrected chi connectivity index (χ4v) is 4.01. The summed E-state index contributed by atoms with van der Waals surface area (Å²) in [6, 6.07) is 12.9. The number of methoxy groups -OCH3 is 2. The average molecular weight is 329 g/mol. The van der Waals surface area contributed by atoms with Gasteiger partial charge in [-0.2, -0.15) is 0 Å². The van der Waals surface area contributed by atoms with E-state index >= 15 is 0 Å². The molecule has 2 aromatic carbocycles. The van der Waals surface area contributed by atoms with Gasteiger partial charge in [-0.15, -0.1) is 11.8 Å². The summed E-state index contributed by atoms with van der Waals surface area (Å²) in [7, 11) is 5.55. The average Bonchev–Trinajstić information content (AvgIpc) is 2.59. The summed E-state index contributed by atoms with van der Waals surface area (Å²) in [4.78, 5) is 3.77. The van der Waals surface area contributed by atoms with E-state index in [9.17, 15) is 0 Å². The Balaban J connectivity index is 2.08. The predicted octanol–water partition coefficient (Wildman–Crippen LogP) is 4.00. The number of nitrogens with zero attached hydrogens (tertiary/aromatic N) is 1. The molecule has 4 heteroatoms. The van der Waals surface area contributed by atoms with E-state index in [2.05, 4.69) is 48.5 Å². The van der Waals surface area contributed by atoms with Gasteiger partial charge in [-0.25, -0.2) is 0 Å². The maximum atomic E-state index is 5.48. The fourth-order valence-electron chi connectivity index (χ4n) is 3.37. The highest BCUT2D eigenvalue weighted by Crippen LogP contribution is 2.39. The second kappa shape index (κ2) is 6.85. The number of likely N-dealkylation sites (N-methyl/N-ethyl adjacent to an activating group) is 1. The summed E-state index contributed by atoms with van der Waals surface area (Å²) in [6.07, 6.45) is 2.15. The number of thioether (sulfide) groups is 1. The molecule has 1 unspecified atom stereocenters. The molecule has 1 aliphatic heterocycles.